The average Bonchev–Trinajstić information content (AvgIpc) is 2.33. The maximum Gasteiger partial charge on any atom is 0.280 e. The Labute approximate surface area is 110 Å². The molecule has 0 spiro atoms. The fraction of sp³-hybridized carbons (Fsp3) is 0.909. The molecule has 1 saturated heterocycles. The van der Waals surface area contributed by atoms with Crippen LogP contribution in [-0.4, -0.2) is 56.4 Å². The van der Waals surface area contributed by atoms with Crippen molar-refractivity contribution < 1.29 is 8.42 Å². The minimum atomic E-state index is -3.57. The summed E-state index contributed by atoms with van der Waals surface area (Å²) < 4.78 is 28.2. The summed E-state index contributed by atoms with van der Waals surface area (Å²) in [6, 6.07) is 2.15. The van der Waals surface area contributed by atoms with Gasteiger partial charge in [0.15, 0.2) is 0 Å². The van der Waals surface area contributed by atoms with Gasteiger partial charge in [-0.2, -0.15) is 22.7 Å². The van der Waals surface area contributed by atoms with Gasteiger partial charge in [-0.3, -0.25) is 0 Å². The molecule has 0 aromatic heterocycles. The number of rotatable bonds is 5. The molecule has 0 aromatic carbocycles. The first-order valence-electron chi connectivity index (χ1n) is 6.28. The summed E-state index contributed by atoms with van der Waals surface area (Å²) in [6.07, 6.45) is 1.06. The van der Waals surface area contributed by atoms with E-state index >= 15 is 0 Å². The Hall–Kier alpha value is -0.680. The van der Waals surface area contributed by atoms with Gasteiger partial charge in [0.1, 0.15) is 5.54 Å². The number of likely N-dealkylation sites (tertiary alicyclic amines) is 1. The molecule has 0 aliphatic carbocycles. The third kappa shape index (κ3) is 3.42. The van der Waals surface area contributed by atoms with E-state index < -0.39 is 15.7 Å². The van der Waals surface area contributed by atoms with Crippen LogP contribution in [0.15, 0.2) is 0 Å². The van der Waals surface area contributed by atoms with Crippen molar-refractivity contribution >= 4 is 10.2 Å². The monoisotopic (exact) mass is 274 g/mol. The average molecular weight is 274 g/mol. The zero-order valence-corrected chi connectivity index (χ0v) is 12.1. The van der Waals surface area contributed by atoms with Gasteiger partial charge in [-0.25, -0.2) is 0 Å². The highest BCUT2D eigenvalue weighted by Crippen LogP contribution is 2.22. The lowest BCUT2D eigenvalue weighted by Crippen LogP contribution is -2.57. The molecule has 1 rings (SSSR count). The van der Waals surface area contributed by atoms with Crippen molar-refractivity contribution in [3.63, 3.8) is 0 Å². The molecule has 18 heavy (non-hydrogen) atoms. The highest BCUT2D eigenvalue weighted by atomic mass is 32.2. The Kier molecular flexibility index (Phi) is 5.10. The zero-order chi connectivity index (χ0) is 13.8. The van der Waals surface area contributed by atoms with Gasteiger partial charge in [-0.15, -0.1) is 0 Å². The number of piperidine rings is 1. The normalized spacial score (nSPS) is 20.8. The van der Waals surface area contributed by atoms with Gasteiger partial charge in [0, 0.05) is 26.2 Å². The van der Waals surface area contributed by atoms with Crippen molar-refractivity contribution in [2.24, 2.45) is 0 Å². The SMILES string of the molecule is CCN(CC)S(=O)(=O)NC1(C#N)CCN(C)CC1. The highest BCUT2D eigenvalue weighted by Gasteiger charge is 2.38. The van der Waals surface area contributed by atoms with Crippen molar-refractivity contribution in [1.82, 2.24) is 13.9 Å². The van der Waals surface area contributed by atoms with Crippen molar-refractivity contribution in [3.05, 3.63) is 0 Å². The molecule has 1 fully saturated rings. The van der Waals surface area contributed by atoms with Crippen LogP contribution >= 0.6 is 0 Å². The standard InChI is InChI=1S/C11H22N4O2S/c1-4-15(5-2)18(16,17)13-11(10-12)6-8-14(3)9-7-11/h13H,4-9H2,1-3H3. The molecule has 104 valence electrons. The molecule has 0 unspecified atom stereocenters. The minimum Gasteiger partial charge on any atom is -0.306 e. The van der Waals surface area contributed by atoms with Crippen LogP contribution in [0.4, 0.5) is 0 Å². The second kappa shape index (κ2) is 5.97. The van der Waals surface area contributed by atoms with E-state index in [0.29, 0.717) is 25.9 Å². The van der Waals surface area contributed by atoms with Gasteiger partial charge < -0.3 is 4.90 Å². The molecule has 0 aromatic rings. The first kappa shape index (κ1) is 15.4. The van der Waals surface area contributed by atoms with Crippen LogP contribution in [-0.2, 0) is 10.2 Å². The molecule has 0 radical (unpaired) electrons. The van der Waals surface area contributed by atoms with Gasteiger partial charge in [0.25, 0.3) is 10.2 Å². The number of nitrogens with zero attached hydrogens (tertiary/aromatic N) is 3. The van der Waals surface area contributed by atoms with E-state index in [2.05, 4.69) is 15.7 Å². The lowest BCUT2D eigenvalue weighted by molar-refractivity contribution is 0.211. The first-order chi connectivity index (χ1) is 8.39. The maximum atomic E-state index is 12.2. The molecule has 1 aliphatic rings. The Bertz CT molecular complexity index is 403. The van der Waals surface area contributed by atoms with E-state index in [1.165, 1.54) is 4.31 Å². The number of hydrogen-bond acceptors (Lipinski definition) is 4. The summed E-state index contributed by atoms with van der Waals surface area (Å²) >= 11 is 0. The predicted molar refractivity (Wildman–Crippen MR) is 70.1 cm³/mol. The number of nitrogens with one attached hydrogen (secondary N) is 1. The van der Waals surface area contributed by atoms with Gasteiger partial charge in [-0.1, -0.05) is 13.8 Å². The van der Waals surface area contributed by atoms with E-state index in [-0.39, 0.29) is 0 Å². The Balaban J connectivity index is 2.84. The van der Waals surface area contributed by atoms with Crippen LogP contribution in [0.2, 0.25) is 0 Å². The van der Waals surface area contributed by atoms with Gasteiger partial charge in [-0.05, 0) is 19.9 Å². The zero-order valence-electron chi connectivity index (χ0n) is 11.3. The molecule has 0 atom stereocenters. The van der Waals surface area contributed by atoms with Crippen LogP contribution in [0, 0.1) is 11.3 Å². The molecule has 1 aliphatic heterocycles. The fourth-order valence-corrected chi connectivity index (χ4v) is 3.66. The Morgan fingerprint density at radius 2 is 1.83 bits per heavy atom. The quantitative estimate of drug-likeness (QED) is 0.774. The van der Waals surface area contributed by atoms with E-state index in [1.807, 2.05) is 7.05 Å². The topological polar surface area (TPSA) is 76.4 Å². The van der Waals surface area contributed by atoms with Crippen molar-refractivity contribution in [3.8, 4) is 6.07 Å². The van der Waals surface area contributed by atoms with Gasteiger partial charge >= 0.3 is 0 Å². The third-order valence-corrected chi connectivity index (χ3v) is 5.27. The molecule has 6 nitrogen and oxygen atoms in total. The van der Waals surface area contributed by atoms with Crippen molar-refractivity contribution in [2.75, 3.05) is 33.2 Å². The van der Waals surface area contributed by atoms with Gasteiger partial charge in [0.2, 0.25) is 0 Å². The maximum absolute atomic E-state index is 12.2. The lowest BCUT2D eigenvalue weighted by Gasteiger charge is -2.36. The van der Waals surface area contributed by atoms with Crippen molar-refractivity contribution in [2.45, 2.75) is 32.2 Å². The van der Waals surface area contributed by atoms with Crippen LogP contribution < -0.4 is 4.72 Å². The molecule has 0 bridgehead atoms. The van der Waals surface area contributed by atoms with Crippen LogP contribution in [0.25, 0.3) is 0 Å². The van der Waals surface area contributed by atoms with Crippen LogP contribution in [0.1, 0.15) is 26.7 Å². The highest BCUT2D eigenvalue weighted by molar-refractivity contribution is 7.87. The summed E-state index contributed by atoms with van der Waals surface area (Å²) in [6.45, 7) is 5.86. The summed E-state index contributed by atoms with van der Waals surface area (Å²) in [5, 5.41) is 9.30. The second-order valence-electron chi connectivity index (χ2n) is 4.69. The number of nitriles is 1. The Morgan fingerprint density at radius 3 is 2.22 bits per heavy atom. The fourth-order valence-electron chi connectivity index (χ4n) is 2.11. The smallest absolute Gasteiger partial charge is 0.280 e. The van der Waals surface area contributed by atoms with Crippen LogP contribution in [0.5, 0.6) is 0 Å². The summed E-state index contributed by atoms with van der Waals surface area (Å²) in [7, 11) is -1.60. The van der Waals surface area contributed by atoms with Crippen LogP contribution in [0.3, 0.4) is 0 Å². The molecule has 0 saturated carbocycles. The van der Waals surface area contributed by atoms with E-state index in [4.69, 9.17) is 0 Å². The summed E-state index contributed by atoms with van der Waals surface area (Å²) in [4.78, 5) is 2.10. The first-order valence-corrected chi connectivity index (χ1v) is 7.72. The molecule has 1 heterocycles. The molecule has 0 amide bonds. The third-order valence-electron chi connectivity index (χ3n) is 3.42. The molecular formula is C11H22N4O2S. The minimum absolute atomic E-state index is 0.410. The van der Waals surface area contributed by atoms with E-state index in [0.717, 1.165) is 13.1 Å². The van der Waals surface area contributed by atoms with Crippen molar-refractivity contribution in [1.29, 1.82) is 5.26 Å². The summed E-state index contributed by atoms with van der Waals surface area (Å²) in [5.74, 6) is 0. The largest absolute Gasteiger partial charge is 0.306 e. The van der Waals surface area contributed by atoms with Gasteiger partial charge in [0.05, 0.1) is 6.07 Å². The Morgan fingerprint density at radius 1 is 1.33 bits per heavy atom. The molecular weight excluding hydrogens is 252 g/mol. The van der Waals surface area contributed by atoms with E-state index in [1.54, 1.807) is 13.8 Å². The molecule has 7 heteroatoms. The van der Waals surface area contributed by atoms with E-state index in [9.17, 15) is 13.7 Å². The predicted octanol–water partition coefficient (Wildman–Crippen LogP) is 0.151. The number of hydrogen-bond donors (Lipinski definition) is 1. The summed E-state index contributed by atoms with van der Waals surface area (Å²) in [5.41, 5.74) is -0.950. The lowest BCUT2D eigenvalue weighted by atomic mass is 9.91. The molecule has 1 N–H and O–H groups in total. The second-order valence-corrected chi connectivity index (χ2v) is 6.36.